The molecule has 0 heterocycles. The van der Waals surface area contributed by atoms with E-state index in [0.29, 0.717) is 18.7 Å². The van der Waals surface area contributed by atoms with Crippen molar-refractivity contribution in [2.24, 2.45) is 11.1 Å². The highest BCUT2D eigenvalue weighted by Gasteiger charge is 2.41. The predicted octanol–water partition coefficient (Wildman–Crippen LogP) is 2.57. The highest BCUT2D eigenvalue weighted by Crippen LogP contribution is 2.43. The summed E-state index contributed by atoms with van der Waals surface area (Å²) in [7, 11) is 0. The zero-order valence-corrected chi connectivity index (χ0v) is 11.6. The Labute approximate surface area is 113 Å². The van der Waals surface area contributed by atoms with Crippen LogP contribution in [0.1, 0.15) is 32.3 Å². The van der Waals surface area contributed by atoms with Gasteiger partial charge in [0.2, 0.25) is 0 Å². The van der Waals surface area contributed by atoms with Crippen LogP contribution in [-0.4, -0.2) is 19.6 Å². The first kappa shape index (κ1) is 14.4. The van der Waals surface area contributed by atoms with Crippen molar-refractivity contribution in [2.45, 2.75) is 32.1 Å². The van der Waals surface area contributed by atoms with E-state index in [4.69, 9.17) is 5.73 Å². The third-order valence-electron chi connectivity index (χ3n) is 4.12. The second-order valence-corrected chi connectivity index (χ2v) is 6.32. The fraction of sp³-hybridized carbons (Fsp3) is 0.600. The Balaban J connectivity index is 1.97. The molecule has 0 unspecified atom stereocenters. The van der Waals surface area contributed by atoms with E-state index in [1.54, 1.807) is 0 Å². The zero-order valence-electron chi connectivity index (χ0n) is 11.6. The molecule has 0 aromatic heterocycles. The Hall–Kier alpha value is -1.00. The molecule has 1 aromatic rings. The van der Waals surface area contributed by atoms with Crippen LogP contribution >= 0.6 is 0 Å². The molecule has 0 amide bonds. The molecule has 0 saturated heterocycles. The zero-order chi connectivity index (χ0) is 14.1. The summed E-state index contributed by atoms with van der Waals surface area (Å²) in [4.78, 5) is 0. The van der Waals surface area contributed by atoms with Crippen molar-refractivity contribution in [3.05, 3.63) is 35.4 Å². The van der Waals surface area contributed by atoms with E-state index in [2.05, 4.69) is 5.32 Å². The summed E-state index contributed by atoms with van der Waals surface area (Å²) in [5.74, 6) is -1.02. The first-order valence-electron chi connectivity index (χ1n) is 6.75. The smallest absolute Gasteiger partial charge is 0.129 e. The van der Waals surface area contributed by atoms with Crippen LogP contribution in [0, 0.1) is 17.0 Å². The second kappa shape index (κ2) is 5.17. The van der Waals surface area contributed by atoms with E-state index in [1.807, 2.05) is 13.8 Å². The first-order valence-corrected chi connectivity index (χ1v) is 6.75. The number of nitrogens with one attached hydrogen (secondary N) is 1. The van der Waals surface area contributed by atoms with Crippen molar-refractivity contribution in [3.8, 4) is 0 Å². The van der Waals surface area contributed by atoms with Crippen LogP contribution in [0.15, 0.2) is 18.2 Å². The normalized spacial score (nSPS) is 17.5. The van der Waals surface area contributed by atoms with E-state index in [1.165, 1.54) is 25.0 Å². The van der Waals surface area contributed by atoms with Crippen molar-refractivity contribution in [2.75, 3.05) is 19.6 Å². The highest BCUT2D eigenvalue weighted by molar-refractivity contribution is 5.26. The van der Waals surface area contributed by atoms with Gasteiger partial charge in [-0.3, -0.25) is 0 Å². The molecule has 19 heavy (non-hydrogen) atoms. The van der Waals surface area contributed by atoms with E-state index < -0.39 is 11.6 Å². The Bertz CT molecular complexity index is 453. The van der Waals surface area contributed by atoms with Crippen LogP contribution in [0.2, 0.25) is 0 Å². The maximum absolute atomic E-state index is 13.8. The summed E-state index contributed by atoms with van der Waals surface area (Å²) in [6.07, 6.45) is 2.34. The molecule has 1 fully saturated rings. The van der Waals surface area contributed by atoms with Crippen LogP contribution in [0.5, 0.6) is 0 Å². The van der Waals surface area contributed by atoms with Crippen molar-refractivity contribution in [1.29, 1.82) is 0 Å². The molecule has 106 valence electrons. The minimum Gasteiger partial charge on any atom is -0.330 e. The number of hydrogen-bond acceptors (Lipinski definition) is 2. The molecule has 0 spiro atoms. The Morgan fingerprint density at radius 2 is 2.00 bits per heavy atom. The molecule has 3 N–H and O–H groups in total. The lowest BCUT2D eigenvalue weighted by atomic mass is 9.84. The van der Waals surface area contributed by atoms with Crippen molar-refractivity contribution in [1.82, 2.24) is 5.32 Å². The standard InChI is InChI=1S/C15H22F2N2/c1-14(2,9-19-10-15(8-18)5-6-15)12-4-3-11(16)7-13(12)17/h3-4,7,19H,5-6,8-10,18H2,1-2H3. The summed E-state index contributed by atoms with van der Waals surface area (Å²) in [5.41, 5.74) is 6.16. The largest absolute Gasteiger partial charge is 0.330 e. The lowest BCUT2D eigenvalue weighted by Crippen LogP contribution is -2.38. The van der Waals surface area contributed by atoms with Gasteiger partial charge in [-0.15, -0.1) is 0 Å². The molecule has 1 saturated carbocycles. The lowest BCUT2D eigenvalue weighted by molar-refractivity contribution is 0.399. The Morgan fingerprint density at radius 3 is 2.53 bits per heavy atom. The van der Waals surface area contributed by atoms with Gasteiger partial charge in [0.1, 0.15) is 11.6 Å². The van der Waals surface area contributed by atoms with Gasteiger partial charge in [-0.05, 0) is 36.4 Å². The van der Waals surface area contributed by atoms with Crippen LogP contribution in [0.4, 0.5) is 8.78 Å². The molecule has 0 atom stereocenters. The summed E-state index contributed by atoms with van der Waals surface area (Å²) in [5, 5.41) is 3.38. The highest BCUT2D eigenvalue weighted by atomic mass is 19.1. The number of benzene rings is 1. The molecular weight excluding hydrogens is 246 g/mol. The first-order chi connectivity index (χ1) is 8.88. The summed E-state index contributed by atoms with van der Waals surface area (Å²) in [6, 6.07) is 3.78. The van der Waals surface area contributed by atoms with Gasteiger partial charge in [0, 0.05) is 24.6 Å². The Kier molecular flexibility index (Phi) is 3.92. The Morgan fingerprint density at radius 1 is 1.32 bits per heavy atom. The fourth-order valence-corrected chi connectivity index (χ4v) is 2.40. The van der Waals surface area contributed by atoms with Gasteiger partial charge in [0.15, 0.2) is 0 Å². The predicted molar refractivity (Wildman–Crippen MR) is 73.0 cm³/mol. The second-order valence-electron chi connectivity index (χ2n) is 6.32. The van der Waals surface area contributed by atoms with Gasteiger partial charge in [-0.2, -0.15) is 0 Å². The van der Waals surface area contributed by atoms with Gasteiger partial charge in [0.25, 0.3) is 0 Å². The third kappa shape index (κ3) is 3.31. The molecule has 4 heteroatoms. The van der Waals surface area contributed by atoms with E-state index in [-0.39, 0.29) is 10.8 Å². The van der Waals surface area contributed by atoms with Crippen molar-refractivity contribution in [3.63, 3.8) is 0 Å². The summed E-state index contributed by atoms with van der Waals surface area (Å²) >= 11 is 0. The minimum absolute atomic E-state index is 0.261. The van der Waals surface area contributed by atoms with Crippen molar-refractivity contribution >= 4 is 0 Å². The summed E-state index contributed by atoms with van der Waals surface area (Å²) in [6.45, 7) is 6.13. The fourth-order valence-electron chi connectivity index (χ4n) is 2.40. The molecule has 1 aromatic carbocycles. The van der Waals surface area contributed by atoms with Gasteiger partial charge in [0.05, 0.1) is 0 Å². The maximum atomic E-state index is 13.8. The quantitative estimate of drug-likeness (QED) is 0.832. The van der Waals surface area contributed by atoms with Crippen LogP contribution in [0.3, 0.4) is 0 Å². The molecule has 1 aliphatic carbocycles. The van der Waals surface area contributed by atoms with Gasteiger partial charge < -0.3 is 11.1 Å². The van der Waals surface area contributed by atoms with E-state index in [0.717, 1.165) is 12.6 Å². The van der Waals surface area contributed by atoms with Crippen LogP contribution in [0.25, 0.3) is 0 Å². The molecule has 0 aliphatic heterocycles. The average molecular weight is 268 g/mol. The van der Waals surface area contributed by atoms with E-state index in [9.17, 15) is 8.78 Å². The molecule has 1 aliphatic rings. The molecule has 0 bridgehead atoms. The third-order valence-corrected chi connectivity index (χ3v) is 4.12. The minimum atomic E-state index is -0.537. The SMILES string of the molecule is CC(C)(CNCC1(CN)CC1)c1ccc(F)cc1F. The molecule has 2 rings (SSSR count). The number of hydrogen-bond donors (Lipinski definition) is 2. The van der Waals surface area contributed by atoms with Crippen LogP contribution < -0.4 is 11.1 Å². The molecule has 2 nitrogen and oxygen atoms in total. The van der Waals surface area contributed by atoms with Crippen molar-refractivity contribution < 1.29 is 8.78 Å². The molecular formula is C15H22F2N2. The van der Waals surface area contributed by atoms with E-state index >= 15 is 0 Å². The van der Waals surface area contributed by atoms with Crippen LogP contribution in [-0.2, 0) is 5.41 Å². The lowest BCUT2D eigenvalue weighted by Gasteiger charge is -2.27. The maximum Gasteiger partial charge on any atom is 0.129 e. The van der Waals surface area contributed by atoms with Gasteiger partial charge >= 0.3 is 0 Å². The topological polar surface area (TPSA) is 38.0 Å². The van der Waals surface area contributed by atoms with Gasteiger partial charge in [-0.1, -0.05) is 19.9 Å². The number of halogens is 2. The number of rotatable bonds is 6. The van der Waals surface area contributed by atoms with Gasteiger partial charge in [-0.25, -0.2) is 8.78 Å². The number of nitrogens with two attached hydrogens (primary N) is 1. The monoisotopic (exact) mass is 268 g/mol. The summed E-state index contributed by atoms with van der Waals surface area (Å²) < 4.78 is 26.7. The average Bonchev–Trinajstić information content (AvgIpc) is 3.09. The molecule has 0 radical (unpaired) electrons.